The van der Waals surface area contributed by atoms with E-state index in [9.17, 15) is 14.9 Å². The summed E-state index contributed by atoms with van der Waals surface area (Å²) in [5.41, 5.74) is 0.519. The van der Waals surface area contributed by atoms with Gasteiger partial charge >= 0.3 is 0 Å². The molecule has 0 aliphatic carbocycles. The Hall–Kier alpha value is -2.37. The highest BCUT2D eigenvalue weighted by Gasteiger charge is 2.26. The van der Waals surface area contributed by atoms with Gasteiger partial charge in [0.2, 0.25) is 0 Å². The maximum absolute atomic E-state index is 12.1. The van der Waals surface area contributed by atoms with E-state index in [1.807, 2.05) is 6.07 Å². The lowest BCUT2D eigenvalue weighted by molar-refractivity contribution is -0.404. The second-order valence-electron chi connectivity index (χ2n) is 3.55. The van der Waals surface area contributed by atoms with E-state index >= 15 is 0 Å². The Balaban J connectivity index is 2.23. The summed E-state index contributed by atoms with van der Waals surface area (Å²) in [6.07, 6.45) is 0.813. The van der Waals surface area contributed by atoms with Gasteiger partial charge < -0.3 is 5.32 Å². The average molecular weight is 233 g/mol. The van der Waals surface area contributed by atoms with Crippen LogP contribution >= 0.6 is 0 Å². The summed E-state index contributed by atoms with van der Waals surface area (Å²) >= 11 is 0. The van der Waals surface area contributed by atoms with Crippen molar-refractivity contribution in [1.82, 2.24) is 10.2 Å². The van der Waals surface area contributed by atoms with Crippen molar-refractivity contribution in [2.45, 2.75) is 0 Å². The van der Waals surface area contributed by atoms with Crippen molar-refractivity contribution in [3.05, 3.63) is 58.0 Å². The lowest BCUT2D eigenvalue weighted by Gasteiger charge is -2.14. The molecule has 17 heavy (non-hydrogen) atoms. The topological polar surface area (TPSA) is 75.5 Å². The Morgan fingerprint density at radius 2 is 2.12 bits per heavy atom. The quantitative estimate of drug-likeness (QED) is 0.605. The molecule has 1 heterocycles. The number of nitrogens with one attached hydrogen (secondary N) is 1. The van der Waals surface area contributed by atoms with Crippen LogP contribution in [0.15, 0.2) is 42.4 Å². The van der Waals surface area contributed by atoms with E-state index in [4.69, 9.17) is 0 Å². The monoisotopic (exact) mass is 233 g/mol. The van der Waals surface area contributed by atoms with Crippen LogP contribution in [-0.2, 0) is 0 Å². The molecule has 0 unspecified atom stereocenters. The molecule has 1 saturated heterocycles. The van der Waals surface area contributed by atoms with E-state index in [1.54, 1.807) is 24.3 Å². The van der Waals surface area contributed by atoms with Crippen molar-refractivity contribution < 1.29 is 9.72 Å². The van der Waals surface area contributed by atoms with E-state index in [1.165, 1.54) is 4.90 Å². The highest BCUT2D eigenvalue weighted by Crippen LogP contribution is 2.12. The van der Waals surface area contributed by atoms with Crippen molar-refractivity contribution in [2.24, 2.45) is 0 Å². The normalized spacial score (nSPS) is 16.9. The summed E-state index contributed by atoms with van der Waals surface area (Å²) in [4.78, 5) is 23.3. The van der Waals surface area contributed by atoms with Gasteiger partial charge in [-0.15, -0.1) is 0 Å². The van der Waals surface area contributed by atoms with E-state index in [-0.39, 0.29) is 11.7 Å². The minimum atomic E-state index is -0.571. The number of amides is 1. The van der Waals surface area contributed by atoms with Crippen molar-refractivity contribution in [3.63, 3.8) is 0 Å². The molecule has 1 aromatic carbocycles. The molecular weight excluding hydrogens is 222 g/mol. The van der Waals surface area contributed by atoms with Crippen LogP contribution in [0.2, 0.25) is 0 Å². The fraction of sp³-hybridized carbons (Fsp3) is 0.182. The lowest BCUT2D eigenvalue weighted by atomic mass is 10.2. The first-order valence-electron chi connectivity index (χ1n) is 5.14. The van der Waals surface area contributed by atoms with Gasteiger partial charge in [-0.2, -0.15) is 0 Å². The highest BCUT2D eigenvalue weighted by molar-refractivity contribution is 5.95. The predicted molar refractivity (Wildman–Crippen MR) is 60.6 cm³/mol. The van der Waals surface area contributed by atoms with Crippen LogP contribution in [-0.4, -0.2) is 28.8 Å². The molecule has 6 heteroatoms. The van der Waals surface area contributed by atoms with Gasteiger partial charge in [0.25, 0.3) is 12.1 Å². The average Bonchev–Trinajstić information content (AvgIpc) is 2.76. The zero-order valence-corrected chi connectivity index (χ0v) is 9.00. The van der Waals surface area contributed by atoms with Crippen LogP contribution in [0.4, 0.5) is 0 Å². The summed E-state index contributed by atoms with van der Waals surface area (Å²) in [6, 6.07) is 8.70. The molecular formula is C11H11N3O3. The van der Waals surface area contributed by atoms with Crippen LogP contribution in [0.25, 0.3) is 0 Å². The van der Waals surface area contributed by atoms with E-state index < -0.39 is 4.92 Å². The molecule has 0 saturated carbocycles. The number of nitrogens with zero attached hydrogens (tertiary/aromatic N) is 2. The molecule has 1 N–H and O–H groups in total. The highest BCUT2D eigenvalue weighted by atomic mass is 16.6. The maximum Gasteiger partial charge on any atom is 0.274 e. The summed E-state index contributed by atoms with van der Waals surface area (Å²) in [5, 5.41) is 13.2. The van der Waals surface area contributed by atoms with Crippen molar-refractivity contribution >= 4 is 5.91 Å². The molecule has 1 fully saturated rings. The van der Waals surface area contributed by atoms with Gasteiger partial charge in [0.15, 0.2) is 5.82 Å². The predicted octanol–water partition coefficient (Wildman–Crippen LogP) is 0.808. The third-order valence-electron chi connectivity index (χ3n) is 2.43. The van der Waals surface area contributed by atoms with Gasteiger partial charge in [0.05, 0.1) is 4.92 Å². The van der Waals surface area contributed by atoms with Gasteiger partial charge in [0.1, 0.15) is 0 Å². The fourth-order valence-corrected chi connectivity index (χ4v) is 1.67. The number of hydrogen-bond donors (Lipinski definition) is 1. The molecule has 1 aromatic rings. The summed E-state index contributed by atoms with van der Waals surface area (Å²) in [7, 11) is 0. The number of carbonyl (C=O) groups is 1. The second kappa shape index (κ2) is 4.65. The van der Waals surface area contributed by atoms with Gasteiger partial charge in [-0.05, 0) is 12.1 Å². The number of rotatable bonds is 2. The molecule has 0 atom stereocenters. The standard InChI is InChI=1S/C11H11N3O3/c15-11(9-4-2-1-3-5-9)13-7-6-12-10(13)8-14(16)17/h1-5,8,12H,6-7H2/b10-8-. The molecule has 1 aliphatic heterocycles. The molecule has 0 bridgehead atoms. The number of hydrogen-bond acceptors (Lipinski definition) is 4. The Labute approximate surface area is 97.7 Å². The Kier molecular flexibility index (Phi) is 3.04. The van der Waals surface area contributed by atoms with E-state index in [0.717, 1.165) is 6.20 Å². The van der Waals surface area contributed by atoms with Crippen LogP contribution in [0.5, 0.6) is 0 Å². The lowest BCUT2D eigenvalue weighted by Crippen LogP contribution is -2.28. The first-order valence-corrected chi connectivity index (χ1v) is 5.14. The van der Waals surface area contributed by atoms with Crippen molar-refractivity contribution in [2.75, 3.05) is 13.1 Å². The van der Waals surface area contributed by atoms with Crippen LogP contribution in [0, 0.1) is 10.1 Å². The minimum absolute atomic E-state index is 0.233. The molecule has 0 aromatic heterocycles. The number of benzene rings is 1. The zero-order chi connectivity index (χ0) is 12.3. The Morgan fingerprint density at radius 1 is 1.41 bits per heavy atom. The summed E-state index contributed by atoms with van der Waals surface area (Å²) in [5.74, 6) is 0.00699. The minimum Gasteiger partial charge on any atom is -0.364 e. The maximum atomic E-state index is 12.1. The van der Waals surface area contributed by atoms with Crippen molar-refractivity contribution in [3.8, 4) is 0 Å². The first kappa shape index (κ1) is 11.1. The number of nitro groups is 1. The van der Waals surface area contributed by atoms with Crippen molar-refractivity contribution in [1.29, 1.82) is 0 Å². The van der Waals surface area contributed by atoms with Crippen LogP contribution in [0.1, 0.15) is 10.4 Å². The second-order valence-corrected chi connectivity index (χ2v) is 3.55. The van der Waals surface area contributed by atoms with E-state index in [0.29, 0.717) is 18.7 Å². The third-order valence-corrected chi connectivity index (χ3v) is 2.43. The molecule has 1 aliphatic rings. The molecule has 0 spiro atoms. The smallest absolute Gasteiger partial charge is 0.274 e. The third kappa shape index (κ3) is 2.41. The molecule has 1 amide bonds. The molecule has 0 radical (unpaired) electrons. The van der Waals surface area contributed by atoms with E-state index in [2.05, 4.69) is 5.32 Å². The molecule has 6 nitrogen and oxygen atoms in total. The Bertz CT molecular complexity index is 470. The fourth-order valence-electron chi connectivity index (χ4n) is 1.67. The summed E-state index contributed by atoms with van der Waals surface area (Å²) in [6.45, 7) is 0.964. The SMILES string of the molecule is O=C(c1ccccc1)N1CCN/C1=C/[N+](=O)[O-]. The van der Waals surface area contributed by atoms with Crippen LogP contribution < -0.4 is 5.32 Å². The van der Waals surface area contributed by atoms with Crippen LogP contribution in [0.3, 0.4) is 0 Å². The molecule has 2 rings (SSSR count). The van der Waals surface area contributed by atoms with Gasteiger partial charge in [0, 0.05) is 18.7 Å². The zero-order valence-electron chi connectivity index (χ0n) is 9.00. The largest absolute Gasteiger partial charge is 0.364 e. The van der Waals surface area contributed by atoms with Gasteiger partial charge in [-0.1, -0.05) is 18.2 Å². The van der Waals surface area contributed by atoms with Gasteiger partial charge in [-0.25, -0.2) is 0 Å². The molecule has 88 valence electrons. The summed E-state index contributed by atoms with van der Waals surface area (Å²) < 4.78 is 0. The van der Waals surface area contributed by atoms with Gasteiger partial charge in [-0.3, -0.25) is 19.8 Å². The Morgan fingerprint density at radius 3 is 2.76 bits per heavy atom. The first-order chi connectivity index (χ1) is 8.18. The number of carbonyl (C=O) groups excluding carboxylic acids is 1.